The van der Waals surface area contributed by atoms with Gasteiger partial charge in [0.05, 0.1) is 30.4 Å². The Balaban J connectivity index is 1.62. The van der Waals surface area contributed by atoms with Crippen molar-refractivity contribution in [1.29, 1.82) is 0 Å². The monoisotopic (exact) mass is 512 g/mol. The Morgan fingerprint density at radius 1 is 1.21 bits per heavy atom. The van der Waals surface area contributed by atoms with E-state index in [-0.39, 0.29) is 42.7 Å². The zero-order valence-electron chi connectivity index (χ0n) is 19.2. The minimum atomic E-state index is -3.50. The van der Waals surface area contributed by atoms with Crippen LogP contribution < -0.4 is 15.2 Å². The van der Waals surface area contributed by atoms with Crippen LogP contribution in [0.1, 0.15) is 32.6 Å². The van der Waals surface area contributed by atoms with Gasteiger partial charge < -0.3 is 9.64 Å². The number of benzene rings is 1. The third-order valence-electron chi connectivity index (χ3n) is 6.41. The lowest BCUT2D eigenvalue weighted by atomic mass is 10.1. The van der Waals surface area contributed by atoms with Crippen molar-refractivity contribution in [2.45, 2.75) is 38.7 Å². The first-order chi connectivity index (χ1) is 16.3. The predicted molar refractivity (Wildman–Crippen MR) is 130 cm³/mol. The number of aromatic nitrogens is 2. The Bertz CT molecular complexity index is 1170. The smallest absolute Gasteiger partial charge is 0.316 e. The van der Waals surface area contributed by atoms with Crippen molar-refractivity contribution in [3.8, 4) is 11.4 Å². The molecular weight excluding hydrogens is 483 g/mol. The van der Waals surface area contributed by atoms with Gasteiger partial charge in [0.25, 0.3) is 0 Å². The molecule has 0 amide bonds. The van der Waals surface area contributed by atoms with Gasteiger partial charge in [-0.05, 0) is 49.8 Å². The van der Waals surface area contributed by atoms with E-state index in [1.807, 2.05) is 4.90 Å². The van der Waals surface area contributed by atoms with E-state index in [4.69, 9.17) is 16.3 Å². The number of anilines is 1. The average Bonchev–Trinajstić information content (AvgIpc) is 3.23. The third-order valence-corrected chi connectivity index (χ3v) is 8.60. The lowest BCUT2D eigenvalue weighted by molar-refractivity contribution is 0.201. The summed E-state index contributed by atoms with van der Waals surface area (Å²) >= 11 is 6.12. The van der Waals surface area contributed by atoms with E-state index < -0.39 is 16.7 Å². The number of sulfonamides is 1. The van der Waals surface area contributed by atoms with Crippen LogP contribution in [0.15, 0.2) is 35.3 Å². The molecule has 2 aliphatic rings. The number of halogens is 2. The number of piperazine rings is 1. The number of hydrogen-bond donors (Lipinski definition) is 0. The highest BCUT2D eigenvalue weighted by atomic mass is 35.5. The second-order valence-electron chi connectivity index (χ2n) is 8.96. The van der Waals surface area contributed by atoms with Crippen molar-refractivity contribution in [1.82, 2.24) is 14.1 Å². The fraction of sp³-hybridized carbons (Fsp3) is 0.565. The number of hydrogen-bond acceptors (Lipinski definition) is 6. The standard InChI is InChI=1S/C23H30ClFN4O4S/c1-17-6-7-20(14-17)33-22-21(16-26-29(23(22)30)19-5-2-4-18(24)15-19)27-9-11-28(12-10-27)34(31,32)13-3-8-25/h2,4-5,15-17,20H,3,6-14H2,1H3. The summed E-state index contributed by atoms with van der Waals surface area (Å²) in [4.78, 5) is 15.5. The molecule has 0 bridgehead atoms. The normalized spacial score (nSPS) is 21.7. The third kappa shape index (κ3) is 5.55. The van der Waals surface area contributed by atoms with Crippen molar-refractivity contribution >= 4 is 27.3 Å². The SMILES string of the molecule is CC1CCC(Oc2c(N3CCN(S(=O)(=O)CCCF)CC3)cnn(-c3cccc(Cl)c3)c2=O)C1. The molecule has 34 heavy (non-hydrogen) atoms. The molecule has 0 radical (unpaired) electrons. The molecule has 2 fully saturated rings. The first kappa shape index (κ1) is 24.9. The van der Waals surface area contributed by atoms with Crippen molar-refractivity contribution in [2.24, 2.45) is 5.92 Å². The molecule has 1 saturated heterocycles. The van der Waals surface area contributed by atoms with Crippen molar-refractivity contribution in [3.05, 3.63) is 45.8 Å². The first-order valence-corrected chi connectivity index (χ1v) is 13.6. The van der Waals surface area contributed by atoms with Crippen molar-refractivity contribution < 1.29 is 17.5 Å². The van der Waals surface area contributed by atoms with E-state index >= 15 is 0 Å². The average molecular weight is 513 g/mol. The van der Waals surface area contributed by atoms with E-state index in [0.717, 1.165) is 19.3 Å². The molecule has 0 spiro atoms. The summed E-state index contributed by atoms with van der Waals surface area (Å²) in [5.74, 6) is 0.556. The summed E-state index contributed by atoms with van der Waals surface area (Å²) in [5.41, 5.74) is 0.721. The van der Waals surface area contributed by atoms with Gasteiger partial charge in [-0.3, -0.25) is 9.18 Å². The molecule has 2 aromatic rings. The fourth-order valence-corrected chi connectivity index (χ4v) is 6.20. The van der Waals surface area contributed by atoms with E-state index in [1.54, 1.807) is 30.5 Å². The van der Waals surface area contributed by atoms with Crippen LogP contribution in [0.5, 0.6) is 5.75 Å². The molecule has 1 aliphatic carbocycles. The Labute approximate surface area is 204 Å². The fourth-order valence-electron chi connectivity index (χ4n) is 4.56. The maximum absolute atomic E-state index is 13.5. The van der Waals surface area contributed by atoms with Gasteiger partial charge >= 0.3 is 5.56 Å². The molecule has 2 heterocycles. The van der Waals surface area contributed by atoms with Crippen LogP contribution in [0.25, 0.3) is 5.69 Å². The lowest BCUT2D eigenvalue weighted by Gasteiger charge is -2.36. The quantitative estimate of drug-likeness (QED) is 0.539. The maximum atomic E-state index is 13.5. The topological polar surface area (TPSA) is 84.7 Å². The van der Waals surface area contributed by atoms with Crippen LogP contribution in [0.4, 0.5) is 10.1 Å². The second kappa shape index (κ2) is 10.6. The van der Waals surface area contributed by atoms with Crippen LogP contribution in [0, 0.1) is 5.92 Å². The van der Waals surface area contributed by atoms with Gasteiger partial charge in [0.15, 0.2) is 0 Å². The van der Waals surface area contributed by atoms with E-state index in [9.17, 15) is 17.6 Å². The molecule has 2 atom stereocenters. The Morgan fingerprint density at radius 2 is 1.97 bits per heavy atom. The molecule has 0 N–H and O–H groups in total. The molecule has 2 unspecified atom stereocenters. The van der Waals surface area contributed by atoms with Gasteiger partial charge in [-0.1, -0.05) is 24.6 Å². The highest BCUT2D eigenvalue weighted by Gasteiger charge is 2.31. The van der Waals surface area contributed by atoms with Crippen LogP contribution in [-0.2, 0) is 10.0 Å². The summed E-state index contributed by atoms with van der Waals surface area (Å²) in [7, 11) is -3.50. The molecule has 4 rings (SSSR count). The summed E-state index contributed by atoms with van der Waals surface area (Å²) in [6.45, 7) is 2.79. The number of alkyl halides is 1. The largest absolute Gasteiger partial charge is 0.483 e. The number of nitrogens with zero attached hydrogens (tertiary/aromatic N) is 4. The molecule has 1 aromatic carbocycles. The zero-order valence-corrected chi connectivity index (χ0v) is 20.8. The Morgan fingerprint density at radius 3 is 2.62 bits per heavy atom. The summed E-state index contributed by atoms with van der Waals surface area (Å²) in [6, 6.07) is 6.89. The predicted octanol–water partition coefficient (Wildman–Crippen LogP) is 3.26. The van der Waals surface area contributed by atoms with Gasteiger partial charge in [-0.25, -0.2) is 8.42 Å². The number of rotatable bonds is 8. The molecule has 8 nitrogen and oxygen atoms in total. The summed E-state index contributed by atoms with van der Waals surface area (Å²) in [6.07, 6.45) is 4.33. The van der Waals surface area contributed by atoms with Gasteiger partial charge in [0.1, 0.15) is 5.69 Å². The highest BCUT2D eigenvalue weighted by Crippen LogP contribution is 2.32. The zero-order chi connectivity index (χ0) is 24.3. The van der Waals surface area contributed by atoms with Gasteiger partial charge in [-0.15, -0.1) is 0 Å². The van der Waals surface area contributed by atoms with Gasteiger partial charge in [0, 0.05) is 31.2 Å². The first-order valence-electron chi connectivity index (χ1n) is 11.6. The molecule has 186 valence electrons. The van der Waals surface area contributed by atoms with Crippen molar-refractivity contribution in [3.63, 3.8) is 0 Å². The highest BCUT2D eigenvalue weighted by molar-refractivity contribution is 7.89. The molecule has 1 saturated carbocycles. The molecule has 1 aliphatic heterocycles. The lowest BCUT2D eigenvalue weighted by Crippen LogP contribution is -2.49. The van der Waals surface area contributed by atoms with Crippen LogP contribution in [-0.4, -0.2) is 67.2 Å². The number of ether oxygens (including phenoxy) is 1. The van der Waals surface area contributed by atoms with Gasteiger partial charge in [0.2, 0.25) is 15.8 Å². The summed E-state index contributed by atoms with van der Waals surface area (Å²) in [5, 5.41) is 4.87. The molecule has 11 heteroatoms. The summed E-state index contributed by atoms with van der Waals surface area (Å²) < 4.78 is 46.3. The minimum Gasteiger partial charge on any atom is -0.483 e. The van der Waals surface area contributed by atoms with E-state index in [1.165, 1.54) is 8.99 Å². The second-order valence-corrected chi connectivity index (χ2v) is 11.5. The Kier molecular flexibility index (Phi) is 7.79. The minimum absolute atomic E-state index is 0.00794. The van der Waals surface area contributed by atoms with Crippen LogP contribution in [0.3, 0.4) is 0 Å². The maximum Gasteiger partial charge on any atom is 0.316 e. The van der Waals surface area contributed by atoms with Crippen LogP contribution in [0.2, 0.25) is 5.02 Å². The van der Waals surface area contributed by atoms with E-state index in [0.29, 0.717) is 35.4 Å². The Hall–Kier alpha value is -2.17. The van der Waals surface area contributed by atoms with Crippen LogP contribution >= 0.6 is 11.6 Å². The van der Waals surface area contributed by atoms with E-state index in [2.05, 4.69) is 12.0 Å². The van der Waals surface area contributed by atoms with Gasteiger partial charge in [-0.2, -0.15) is 14.1 Å². The molecule has 1 aromatic heterocycles. The van der Waals surface area contributed by atoms with Crippen molar-refractivity contribution in [2.75, 3.05) is 43.5 Å². The molecular formula is C23H30ClFN4O4S.